The van der Waals surface area contributed by atoms with Gasteiger partial charge in [-0.25, -0.2) is 8.91 Å². The average molecular weight is 309 g/mol. The number of H-pyrrole nitrogens is 1. The van der Waals surface area contributed by atoms with Gasteiger partial charge in [0.05, 0.1) is 11.9 Å². The number of aromatic nitrogens is 4. The van der Waals surface area contributed by atoms with E-state index in [2.05, 4.69) is 15.3 Å². The Morgan fingerprint density at radius 2 is 2.04 bits per heavy atom. The Labute approximate surface area is 130 Å². The summed E-state index contributed by atoms with van der Waals surface area (Å²) in [5.41, 5.74) is 8.17. The molecule has 3 aromatic heterocycles. The van der Waals surface area contributed by atoms with Gasteiger partial charge in [0.25, 0.3) is 0 Å². The maximum Gasteiger partial charge on any atom is 0.167 e. The minimum absolute atomic E-state index is 0.0986. The lowest BCUT2D eigenvalue weighted by atomic mass is 10.2. The molecular weight excluding hydrogens is 297 g/mol. The molecule has 0 aliphatic carbocycles. The first-order valence-electron chi connectivity index (χ1n) is 6.91. The lowest BCUT2D eigenvalue weighted by Crippen LogP contribution is -1.96. The van der Waals surface area contributed by atoms with Crippen LogP contribution >= 0.6 is 0 Å². The molecule has 0 amide bonds. The number of rotatable bonds is 3. The van der Waals surface area contributed by atoms with E-state index in [1.165, 1.54) is 12.1 Å². The monoisotopic (exact) mass is 309 g/mol. The van der Waals surface area contributed by atoms with Crippen LogP contribution in [0, 0.1) is 5.82 Å². The first-order valence-corrected chi connectivity index (χ1v) is 6.91. The maximum absolute atomic E-state index is 14.0. The van der Waals surface area contributed by atoms with Crippen molar-refractivity contribution in [1.29, 1.82) is 0 Å². The van der Waals surface area contributed by atoms with Gasteiger partial charge in [-0.1, -0.05) is 0 Å². The van der Waals surface area contributed by atoms with Crippen LogP contribution in [0.15, 0.2) is 55.0 Å². The summed E-state index contributed by atoms with van der Waals surface area (Å²) in [4.78, 5) is 0. The maximum atomic E-state index is 14.0. The number of nitrogens with two attached hydrogens (primary N) is 1. The number of fused-ring (bicyclic) bond motifs is 1. The predicted molar refractivity (Wildman–Crippen MR) is 83.7 cm³/mol. The van der Waals surface area contributed by atoms with Crippen LogP contribution < -0.4 is 10.5 Å². The number of pyridine rings is 1. The number of benzene rings is 1. The summed E-state index contributed by atoms with van der Waals surface area (Å²) in [5.74, 6) is 0.0565. The lowest BCUT2D eigenvalue weighted by Gasteiger charge is -2.10. The van der Waals surface area contributed by atoms with Crippen molar-refractivity contribution in [3.63, 3.8) is 0 Å². The molecule has 0 bridgehead atoms. The third kappa shape index (κ3) is 2.38. The van der Waals surface area contributed by atoms with Crippen molar-refractivity contribution < 1.29 is 9.13 Å². The number of halogens is 1. The predicted octanol–water partition coefficient (Wildman–Crippen LogP) is 3.24. The third-order valence-corrected chi connectivity index (χ3v) is 3.44. The quantitative estimate of drug-likeness (QED) is 0.569. The number of hydrogen-bond acceptors (Lipinski definition) is 4. The van der Waals surface area contributed by atoms with Gasteiger partial charge in [0.1, 0.15) is 5.52 Å². The van der Waals surface area contributed by atoms with Crippen molar-refractivity contribution in [2.24, 2.45) is 0 Å². The SMILES string of the molecule is Nc1ccc(Oc2cc(-c3cc[nH]n3)cn3nccc23)c(F)c1. The highest BCUT2D eigenvalue weighted by Crippen LogP contribution is 2.32. The Morgan fingerprint density at radius 3 is 2.83 bits per heavy atom. The molecular formula is C16H12FN5O. The molecule has 4 rings (SSSR count). The molecule has 7 heteroatoms. The van der Waals surface area contributed by atoms with Gasteiger partial charge in [-0.05, 0) is 30.3 Å². The molecule has 0 atom stereocenters. The summed E-state index contributed by atoms with van der Waals surface area (Å²) in [6.07, 6.45) is 5.20. The summed E-state index contributed by atoms with van der Waals surface area (Å²) >= 11 is 0. The van der Waals surface area contributed by atoms with Crippen LogP contribution in [0.3, 0.4) is 0 Å². The molecule has 0 aliphatic rings. The molecule has 6 nitrogen and oxygen atoms in total. The highest BCUT2D eigenvalue weighted by Gasteiger charge is 2.12. The zero-order valence-electron chi connectivity index (χ0n) is 11.9. The minimum atomic E-state index is -0.521. The topological polar surface area (TPSA) is 81.2 Å². The van der Waals surface area contributed by atoms with Gasteiger partial charge in [-0.15, -0.1) is 0 Å². The number of nitrogen functional groups attached to an aromatic ring is 1. The number of aromatic amines is 1. The van der Waals surface area contributed by atoms with E-state index < -0.39 is 5.82 Å². The summed E-state index contributed by atoms with van der Waals surface area (Å²) < 4.78 is 21.4. The first kappa shape index (κ1) is 13.3. The van der Waals surface area contributed by atoms with Crippen LogP contribution in [0.1, 0.15) is 0 Å². The van der Waals surface area contributed by atoms with Crippen LogP contribution in [-0.2, 0) is 0 Å². The highest BCUT2D eigenvalue weighted by molar-refractivity contribution is 5.69. The van der Waals surface area contributed by atoms with Gasteiger partial charge >= 0.3 is 0 Å². The van der Waals surface area contributed by atoms with Crippen molar-refractivity contribution in [3.05, 3.63) is 60.8 Å². The fourth-order valence-corrected chi connectivity index (χ4v) is 2.36. The molecule has 0 radical (unpaired) electrons. The van der Waals surface area contributed by atoms with E-state index in [4.69, 9.17) is 10.5 Å². The number of nitrogens with zero attached hydrogens (tertiary/aromatic N) is 3. The van der Waals surface area contributed by atoms with E-state index in [1.807, 2.05) is 12.3 Å². The van der Waals surface area contributed by atoms with Gasteiger partial charge in [-0.3, -0.25) is 5.10 Å². The van der Waals surface area contributed by atoms with Gasteiger partial charge < -0.3 is 10.5 Å². The van der Waals surface area contributed by atoms with Crippen molar-refractivity contribution in [3.8, 4) is 22.8 Å². The van der Waals surface area contributed by atoms with Crippen LogP contribution in [0.4, 0.5) is 10.1 Å². The average Bonchev–Trinajstić information content (AvgIpc) is 3.20. The van der Waals surface area contributed by atoms with Crippen LogP contribution in [0.25, 0.3) is 16.8 Å². The van der Waals surface area contributed by atoms with Crippen molar-refractivity contribution in [2.45, 2.75) is 0 Å². The molecule has 0 unspecified atom stereocenters. The molecule has 4 aromatic rings. The minimum Gasteiger partial charge on any atom is -0.452 e. The Kier molecular flexibility index (Phi) is 2.97. The fourth-order valence-electron chi connectivity index (χ4n) is 2.36. The molecule has 0 saturated carbocycles. The molecule has 0 aliphatic heterocycles. The standard InChI is InChI=1S/C16H12FN5O/c17-12-8-11(18)1-2-15(12)23-16-7-10(13-3-5-19-21-13)9-22-14(16)4-6-20-22/h1-9H,18H2,(H,19,21). The molecule has 3 heterocycles. The van der Waals surface area contributed by atoms with E-state index in [9.17, 15) is 4.39 Å². The smallest absolute Gasteiger partial charge is 0.167 e. The second kappa shape index (κ2) is 5.13. The van der Waals surface area contributed by atoms with Gasteiger partial charge in [-0.2, -0.15) is 10.2 Å². The Balaban J connectivity index is 1.83. The van der Waals surface area contributed by atoms with E-state index in [-0.39, 0.29) is 5.75 Å². The fraction of sp³-hybridized carbons (Fsp3) is 0. The Hall–Kier alpha value is -3.35. The largest absolute Gasteiger partial charge is 0.452 e. The van der Waals surface area contributed by atoms with Crippen molar-refractivity contribution in [2.75, 3.05) is 5.73 Å². The van der Waals surface area contributed by atoms with Crippen LogP contribution in [0.2, 0.25) is 0 Å². The summed E-state index contributed by atoms with van der Waals surface area (Å²) in [5, 5.41) is 11.1. The number of ether oxygens (including phenoxy) is 1. The summed E-state index contributed by atoms with van der Waals surface area (Å²) in [6, 6.07) is 9.73. The molecule has 3 N–H and O–H groups in total. The third-order valence-electron chi connectivity index (χ3n) is 3.44. The van der Waals surface area contributed by atoms with Crippen LogP contribution in [-0.4, -0.2) is 19.8 Å². The normalized spacial score (nSPS) is 11.0. The molecule has 23 heavy (non-hydrogen) atoms. The molecule has 0 saturated heterocycles. The van der Waals surface area contributed by atoms with E-state index in [0.29, 0.717) is 11.4 Å². The van der Waals surface area contributed by atoms with Crippen LogP contribution in [0.5, 0.6) is 11.5 Å². The second-order valence-corrected chi connectivity index (χ2v) is 5.01. The van der Waals surface area contributed by atoms with Gasteiger partial charge in [0.2, 0.25) is 0 Å². The lowest BCUT2D eigenvalue weighted by molar-refractivity contribution is 0.445. The summed E-state index contributed by atoms with van der Waals surface area (Å²) in [7, 11) is 0. The Bertz CT molecular complexity index is 977. The number of hydrogen-bond donors (Lipinski definition) is 2. The Morgan fingerprint density at radius 1 is 1.13 bits per heavy atom. The summed E-state index contributed by atoms with van der Waals surface area (Å²) in [6.45, 7) is 0. The first-order chi connectivity index (χ1) is 11.2. The van der Waals surface area contributed by atoms with E-state index in [1.54, 1.807) is 35.1 Å². The zero-order valence-corrected chi connectivity index (χ0v) is 11.9. The van der Waals surface area contributed by atoms with E-state index in [0.717, 1.165) is 16.8 Å². The molecule has 0 fully saturated rings. The highest BCUT2D eigenvalue weighted by atomic mass is 19.1. The second-order valence-electron chi connectivity index (χ2n) is 5.01. The van der Waals surface area contributed by atoms with Crippen molar-refractivity contribution in [1.82, 2.24) is 19.8 Å². The molecule has 1 aromatic carbocycles. The molecule has 114 valence electrons. The van der Waals surface area contributed by atoms with Gasteiger partial charge in [0, 0.05) is 29.7 Å². The van der Waals surface area contributed by atoms with E-state index >= 15 is 0 Å². The number of nitrogens with one attached hydrogen (secondary N) is 1. The van der Waals surface area contributed by atoms with Gasteiger partial charge in [0.15, 0.2) is 17.3 Å². The molecule has 0 spiro atoms. The number of anilines is 1. The van der Waals surface area contributed by atoms with Crippen molar-refractivity contribution >= 4 is 11.2 Å². The zero-order chi connectivity index (χ0) is 15.8.